The van der Waals surface area contributed by atoms with Gasteiger partial charge in [-0.25, -0.2) is 9.78 Å². The first kappa shape index (κ1) is 24.1. The van der Waals surface area contributed by atoms with Crippen LogP contribution in [-0.4, -0.2) is 38.3 Å². The summed E-state index contributed by atoms with van der Waals surface area (Å²) in [6, 6.07) is 9.70. The Labute approximate surface area is 200 Å². The summed E-state index contributed by atoms with van der Waals surface area (Å²) in [6.07, 6.45) is 0.610. The average molecular weight is 491 g/mol. The quantitative estimate of drug-likeness (QED) is 0.387. The van der Waals surface area contributed by atoms with Gasteiger partial charge in [0.15, 0.2) is 16.6 Å². The Morgan fingerprint density at radius 2 is 1.70 bits per heavy atom. The van der Waals surface area contributed by atoms with Gasteiger partial charge in [-0.3, -0.25) is 10.1 Å². The van der Waals surface area contributed by atoms with Crippen LogP contribution in [0, 0.1) is 0 Å². The van der Waals surface area contributed by atoms with Crippen LogP contribution in [0.1, 0.15) is 12.1 Å². The zero-order valence-electron chi connectivity index (χ0n) is 18.2. The maximum Gasteiger partial charge on any atom is 0.325 e. The molecule has 0 aliphatic carbocycles. The molecular formula is C22H23ClN4O5S. The van der Waals surface area contributed by atoms with E-state index in [0.29, 0.717) is 50.9 Å². The molecule has 1 aromatic heterocycles. The summed E-state index contributed by atoms with van der Waals surface area (Å²) in [5, 5.41) is 10.9. The van der Waals surface area contributed by atoms with Gasteiger partial charge < -0.3 is 24.8 Å². The van der Waals surface area contributed by atoms with Crippen LogP contribution < -0.4 is 30.2 Å². The van der Waals surface area contributed by atoms with Gasteiger partial charge in [0.1, 0.15) is 0 Å². The minimum absolute atomic E-state index is 0.203. The fourth-order valence-corrected chi connectivity index (χ4v) is 3.85. The fraction of sp³-hybridized carbons (Fsp3) is 0.227. The highest BCUT2D eigenvalue weighted by atomic mass is 35.5. The van der Waals surface area contributed by atoms with Gasteiger partial charge in [-0.2, -0.15) is 0 Å². The number of benzene rings is 2. The van der Waals surface area contributed by atoms with Gasteiger partial charge in [-0.05, 0) is 24.6 Å². The van der Waals surface area contributed by atoms with Crippen molar-refractivity contribution in [2.75, 3.05) is 37.3 Å². The molecule has 33 heavy (non-hydrogen) atoms. The smallest absolute Gasteiger partial charge is 0.325 e. The summed E-state index contributed by atoms with van der Waals surface area (Å²) in [4.78, 5) is 28.9. The zero-order valence-corrected chi connectivity index (χ0v) is 19.8. The number of thiazole rings is 1. The van der Waals surface area contributed by atoms with Crippen LogP contribution in [0.4, 0.5) is 21.3 Å². The maximum absolute atomic E-state index is 12.4. The van der Waals surface area contributed by atoms with Crippen LogP contribution in [0.25, 0.3) is 0 Å². The highest BCUT2D eigenvalue weighted by Crippen LogP contribution is 2.40. The molecule has 0 bridgehead atoms. The Balaban J connectivity index is 1.53. The number of nitrogens with zero attached hydrogens (tertiary/aromatic N) is 1. The van der Waals surface area contributed by atoms with Crippen LogP contribution >= 0.6 is 22.9 Å². The second-order valence-corrected chi connectivity index (χ2v) is 7.99. The molecule has 3 rings (SSSR count). The first-order valence-corrected chi connectivity index (χ1v) is 11.1. The number of aryl methyl sites for hydroxylation is 1. The lowest BCUT2D eigenvalue weighted by Crippen LogP contribution is -2.19. The monoisotopic (exact) mass is 490 g/mol. The van der Waals surface area contributed by atoms with Crippen LogP contribution in [0.5, 0.6) is 17.2 Å². The summed E-state index contributed by atoms with van der Waals surface area (Å²) in [6.45, 7) is 0. The molecule has 3 N–H and O–H groups in total. The molecule has 2 aromatic carbocycles. The Kier molecular flexibility index (Phi) is 8.34. The lowest BCUT2D eigenvalue weighted by atomic mass is 10.2. The van der Waals surface area contributed by atoms with Gasteiger partial charge in [0.2, 0.25) is 11.7 Å². The van der Waals surface area contributed by atoms with Crippen molar-refractivity contribution >= 4 is 51.4 Å². The summed E-state index contributed by atoms with van der Waals surface area (Å²) in [5.74, 6) is 1.13. The Morgan fingerprint density at radius 3 is 2.33 bits per heavy atom. The zero-order chi connectivity index (χ0) is 23.8. The van der Waals surface area contributed by atoms with Crippen molar-refractivity contribution < 1.29 is 23.8 Å². The molecular weight excluding hydrogens is 468 g/mol. The van der Waals surface area contributed by atoms with Gasteiger partial charge in [0, 0.05) is 40.3 Å². The first-order valence-electron chi connectivity index (χ1n) is 9.79. The van der Waals surface area contributed by atoms with E-state index in [4.69, 9.17) is 25.8 Å². The highest BCUT2D eigenvalue weighted by Gasteiger charge is 2.15. The van der Waals surface area contributed by atoms with Crippen molar-refractivity contribution in [2.24, 2.45) is 0 Å². The number of methoxy groups -OCH3 is 3. The van der Waals surface area contributed by atoms with Crippen molar-refractivity contribution in [3.8, 4) is 17.2 Å². The molecule has 9 nitrogen and oxygen atoms in total. The van der Waals surface area contributed by atoms with Gasteiger partial charge in [-0.1, -0.05) is 17.7 Å². The average Bonchev–Trinajstić information content (AvgIpc) is 3.24. The second-order valence-electron chi connectivity index (χ2n) is 6.70. The predicted octanol–water partition coefficient (Wildman–Crippen LogP) is 5.04. The number of hydrogen-bond donors (Lipinski definition) is 3. The molecule has 0 unspecified atom stereocenters. The van der Waals surface area contributed by atoms with E-state index < -0.39 is 6.03 Å². The van der Waals surface area contributed by atoms with Gasteiger partial charge in [-0.15, -0.1) is 11.3 Å². The molecule has 3 aromatic rings. The first-order chi connectivity index (χ1) is 15.9. The second kappa shape index (κ2) is 11.4. The number of urea groups is 1. The number of ether oxygens (including phenoxy) is 3. The molecule has 174 valence electrons. The third-order valence-corrected chi connectivity index (χ3v) is 5.45. The maximum atomic E-state index is 12.4. The normalized spacial score (nSPS) is 10.3. The summed E-state index contributed by atoms with van der Waals surface area (Å²) < 4.78 is 15.9. The van der Waals surface area contributed by atoms with Crippen LogP contribution in [0.3, 0.4) is 0 Å². The Morgan fingerprint density at radius 1 is 0.970 bits per heavy atom. The number of carbonyl (C=O) groups excluding carboxylic acids is 2. The number of hydrogen-bond acceptors (Lipinski definition) is 7. The predicted molar refractivity (Wildman–Crippen MR) is 129 cm³/mol. The van der Waals surface area contributed by atoms with E-state index in [2.05, 4.69) is 20.9 Å². The number of carbonyl (C=O) groups is 2. The number of amides is 3. The number of rotatable bonds is 9. The van der Waals surface area contributed by atoms with E-state index in [0.717, 1.165) is 0 Å². The molecule has 0 radical (unpaired) electrons. The lowest BCUT2D eigenvalue weighted by molar-refractivity contribution is -0.116. The number of anilines is 3. The molecule has 1 heterocycles. The third-order valence-electron chi connectivity index (χ3n) is 4.41. The van der Waals surface area contributed by atoms with Crippen molar-refractivity contribution in [3.05, 3.63) is 52.5 Å². The van der Waals surface area contributed by atoms with Crippen molar-refractivity contribution in [3.63, 3.8) is 0 Å². The largest absolute Gasteiger partial charge is 0.493 e. The van der Waals surface area contributed by atoms with Crippen LogP contribution in [-0.2, 0) is 11.2 Å². The van der Waals surface area contributed by atoms with Crippen LogP contribution in [0.2, 0.25) is 5.02 Å². The molecule has 0 aliphatic rings. The standard InChI is InChI=1S/C22H23ClN4O5S/c1-30-17-10-16(11-18(31-2)20(17)32-3)24-19(28)8-7-15-12-33-22(26-15)27-21(29)25-14-6-4-5-13(23)9-14/h4-6,9-12H,7-8H2,1-3H3,(H,24,28)(H2,25,26,27,29). The van der Waals surface area contributed by atoms with Gasteiger partial charge in [0.05, 0.1) is 27.0 Å². The summed E-state index contributed by atoms with van der Waals surface area (Å²) in [5.41, 5.74) is 1.78. The molecule has 0 fully saturated rings. The van der Waals surface area contributed by atoms with Gasteiger partial charge >= 0.3 is 6.03 Å². The summed E-state index contributed by atoms with van der Waals surface area (Å²) >= 11 is 7.19. The van der Waals surface area contributed by atoms with Crippen molar-refractivity contribution in [2.45, 2.75) is 12.8 Å². The van der Waals surface area contributed by atoms with Crippen molar-refractivity contribution in [1.29, 1.82) is 0 Å². The topological polar surface area (TPSA) is 111 Å². The minimum atomic E-state index is -0.432. The van der Waals surface area contributed by atoms with Crippen molar-refractivity contribution in [1.82, 2.24) is 4.98 Å². The van der Waals surface area contributed by atoms with E-state index in [1.165, 1.54) is 32.7 Å². The van der Waals surface area contributed by atoms with E-state index in [1.807, 2.05) is 0 Å². The molecule has 0 atom stereocenters. The van der Waals surface area contributed by atoms with Gasteiger partial charge in [0.25, 0.3) is 0 Å². The Bertz CT molecular complexity index is 1110. The summed E-state index contributed by atoms with van der Waals surface area (Å²) in [7, 11) is 4.52. The molecule has 3 amide bonds. The lowest BCUT2D eigenvalue weighted by Gasteiger charge is -2.14. The molecule has 0 saturated heterocycles. The fourth-order valence-electron chi connectivity index (χ4n) is 2.92. The third kappa shape index (κ3) is 6.74. The number of aromatic nitrogens is 1. The van der Waals surface area contributed by atoms with E-state index in [9.17, 15) is 9.59 Å². The van der Waals surface area contributed by atoms with Crippen LogP contribution in [0.15, 0.2) is 41.8 Å². The molecule has 0 spiro atoms. The highest BCUT2D eigenvalue weighted by molar-refractivity contribution is 7.13. The SMILES string of the molecule is COc1cc(NC(=O)CCc2csc(NC(=O)Nc3cccc(Cl)c3)n2)cc(OC)c1OC. The van der Waals surface area contributed by atoms with E-state index >= 15 is 0 Å². The van der Waals surface area contributed by atoms with E-state index in [-0.39, 0.29) is 12.3 Å². The minimum Gasteiger partial charge on any atom is -0.493 e. The van der Waals surface area contributed by atoms with E-state index in [1.54, 1.807) is 41.8 Å². The number of nitrogens with one attached hydrogen (secondary N) is 3. The molecule has 0 aliphatic heterocycles. The number of halogens is 1. The Hall–Kier alpha value is -3.50. The molecule has 0 saturated carbocycles. The molecule has 11 heteroatoms.